The Morgan fingerprint density at radius 1 is 1.19 bits per heavy atom. The summed E-state index contributed by atoms with van der Waals surface area (Å²) in [4.78, 5) is 33.3. The van der Waals surface area contributed by atoms with Gasteiger partial charge in [0.15, 0.2) is 0 Å². The Morgan fingerprint density at radius 3 is 2.85 bits per heavy atom. The van der Waals surface area contributed by atoms with Crippen LogP contribution in [-0.2, 0) is 4.79 Å². The fourth-order valence-corrected chi connectivity index (χ4v) is 4.03. The van der Waals surface area contributed by atoms with Crippen molar-refractivity contribution in [3.05, 3.63) is 59.9 Å². The van der Waals surface area contributed by atoms with Gasteiger partial charge in [0.2, 0.25) is 5.91 Å². The molecule has 0 spiro atoms. The topological polar surface area (TPSA) is 77.3 Å². The SMILES string of the molecule is N#Cc1cccc(C(=O)N2CCC3C2CCC(=O)N3c2cccnc2)c1. The molecule has 0 saturated carbocycles. The molecule has 2 atom stereocenters. The van der Waals surface area contributed by atoms with Crippen LogP contribution in [0, 0.1) is 11.3 Å². The highest BCUT2D eigenvalue weighted by Gasteiger charge is 2.45. The van der Waals surface area contributed by atoms with E-state index in [1.54, 1.807) is 41.6 Å². The Labute approximate surface area is 151 Å². The van der Waals surface area contributed by atoms with Gasteiger partial charge in [-0.15, -0.1) is 0 Å². The van der Waals surface area contributed by atoms with Gasteiger partial charge in [-0.3, -0.25) is 14.6 Å². The molecule has 130 valence electrons. The number of amides is 2. The Kier molecular flexibility index (Phi) is 4.13. The summed E-state index contributed by atoms with van der Waals surface area (Å²) in [5.41, 5.74) is 1.78. The molecule has 0 bridgehead atoms. The van der Waals surface area contributed by atoms with Crippen molar-refractivity contribution < 1.29 is 9.59 Å². The number of pyridine rings is 1. The van der Waals surface area contributed by atoms with Crippen LogP contribution in [0.2, 0.25) is 0 Å². The van der Waals surface area contributed by atoms with Crippen molar-refractivity contribution in [2.45, 2.75) is 31.3 Å². The van der Waals surface area contributed by atoms with Crippen LogP contribution < -0.4 is 4.90 Å². The number of aromatic nitrogens is 1. The van der Waals surface area contributed by atoms with Crippen LogP contribution in [0.25, 0.3) is 0 Å². The molecule has 0 N–H and O–H groups in total. The van der Waals surface area contributed by atoms with E-state index in [2.05, 4.69) is 11.1 Å². The molecule has 6 heteroatoms. The van der Waals surface area contributed by atoms with Crippen LogP contribution >= 0.6 is 0 Å². The first-order chi connectivity index (χ1) is 12.7. The van der Waals surface area contributed by atoms with E-state index >= 15 is 0 Å². The molecule has 2 saturated heterocycles. The first-order valence-corrected chi connectivity index (χ1v) is 8.72. The van der Waals surface area contributed by atoms with Crippen molar-refractivity contribution in [3.63, 3.8) is 0 Å². The van der Waals surface area contributed by atoms with Gasteiger partial charge in [0.05, 0.1) is 35.6 Å². The average Bonchev–Trinajstić information content (AvgIpc) is 3.12. The molecule has 2 fully saturated rings. The van der Waals surface area contributed by atoms with Gasteiger partial charge in [0.25, 0.3) is 5.91 Å². The lowest BCUT2D eigenvalue weighted by Crippen LogP contribution is -2.53. The van der Waals surface area contributed by atoms with Gasteiger partial charge in [-0.25, -0.2) is 0 Å². The smallest absolute Gasteiger partial charge is 0.254 e. The molecule has 3 heterocycles. The Bertz CT molecular complexity index is 890. The summed E-state index contributed by atoms with van der Waals surface area (Å²) in [6.45, 7) is 0.606. The number of fused-ring (bicyclic) bond motifs is 1. The van der Waals surface area contributed by atoms with Gasteiger partial charge in [-0.05, 0) is 43.2 Å². The fraction of sp³-hybridized carbons (Fsp3) is 0.300. The second kappa shape index (κ2) is 6.60. The van der Waals surface area contributed by atoms with Crippen LogP contribution in [0.3, 0.4) is 0 Å². The third-order valence-corrected chi connectivity index (χ3v) is 5.19. The number of benzene rings is 1. The number of hydrogen-bond acceptors (Lipinski definition) is 4. The van der Waals surface area contributed by atoms with E-state index in [-0.39, 0.29) is 23.9 Å². The van der Waals surface area contributed by atoms with Crippen LogP contribution in [-0.4, -0.2) is 40.3 Å². The number of nitrogens with zero attached hydrogens (tertiary/aromatic N) is 4. The molecule has 6 nitrogen and oxygen atoms in total. The Morgan fingerprint density at radius 2 is 2.08 bits per heavy atom. The monoisotopic (exact) mass is 346 g/mol. The van der Waals surface area contributed by atoms with E-state index in [4.69, 9.17) is 5.26 Å². The quantitative estimate of drug-likeness (QED) is 0.836. The highest BCUT2D eigenvalue weighted by molar-refractivity contribution is 5.97. The third kappa shape index (κ3) is 2.72. The summed E-state index contributed by atoms with van der Waals surface area (Å²) in [7, 11) is 0. The van der Waals surface area contributed by atoms with E-state index in [0.29, 0.717) is 30.5 Å². The van der Waals surface area contributed by atoms with Crippen molar-refractivity contribution >= 4 is 17.5 Å². The summed E-state index contributed by atoms with van der Waals surface area (Å²) >= 11 is 0. The Hall–Kier alpha value is -3.20. The predicted octanol–water partition coefficient (Wildman–Crippen LogP) is 2.36. The third-order valence-electron chi connectivity index (χ3n) is 5.19. The molecule has 2 aliphatic rings. The second-order valence-electron chi connectivity index (χ2n) is 6.63. The van der Waals surface area contributed by atoms with Crippen LogP contribution in [0.15, 0.2) is 48.8 Å². The van der Waals surface area contributed by atoms with Gasteiger partial charge in [0, 0.05) is 24.7 Å². The highest BCUT2D eigenvalue weighted by Crippen LogP contribution is 2.35. The molecule has 0 radical (unpaired) electrons. The lowest BCUT2D eigenvalue weighted by atomic mass is 9.95. The van der Waals surface area contributed by atoms with E-state index in [1.807, 2.05) is 17.0 Å². The first kappa shape index (κ1) is 16.3. The molecule has 2 aliphatic heterocycles. The lowest BCUT2D eigenvalue weighted by Gasteiger charge is -2.39. The number of carbonyl (C=O) groups is 2. The van der Waals surface area contributed by atoms with Crippen LogP contribution in [0.1, 0.15) is 35.2 Å². The molecule has 26 heavy (non-hydrogen) atoms. The number of anilines is 1. The zero-order valence-electron chi connectivity index (χ0n) is 14.2. The highest BCUT2D eigenvalue weighted by atomic mass is 16.2. The van der Waals surface area contributed by atoms with Gasteiger partial charge >= 0.3 is 0 Å². The fourth-order valence-electron chi connectivity index (χ4n) is 4.03. The summed E-state index contributed by atoms with van der Waals surface area (Å²) < 4.78 is 0. The van der Waals surface area contributed by atoms with Gasteiger partial charge < -0.3 is 9.80 Å². The zero-order valence-corrected chi connectivity index (χ0v) is 14.2. The van der Waals surface area contributed by atoms with Crippen molar-refractivity contribution in [1.29, 1.82) is 5.26 Å². The molecular formula is C20H18N4O2. The van der Waals surface area contributed by atoms with Gasteiger partial charge in [-0.1, -0.05) is 6.07 Å². The molecule has 2 amide bonds. The predicted molar refractivity (Wildman–Crippen MR) is 95.3 cm³/mol. The summed E-state index contributed by atoms with van der Waals surface area (Å²) in [6, 6.07) is 12.5. The maximum atomic E-state index is 13.0. The average molecular weight is 346 g/mol. The van der Waals surface area contributed by atoms with Crippen molar-refractivity contribution in [1.82, 2.24) is 9.88 Å². The van der Waals surface area contributed by atoms with Crippen LogP contribution in [0.5, 0.6) is 0 Å². The summed E-state index contributed by atoms with van der Waals surface area (Å²) in [6.07, 6.45) is 5.21. The minimum atomic E-state index is -0.0740. The van der Waals surface area contributed by atoms with Crippen molar-refractivity contribution in [2.75, 3.05) is 11.4 Å². The number of piperidine rings is 1. The van der Waals surface area contributed by atoms with E-state index in [0.717, 1.165) is 12.1 Å². The standard InChI is InChI=1S/C20H18N4O2/c21-12-14-3-1-4-15(11-14)20(26)23-10-8-18-17(23)6-7-19(25)24(18)16-5-2-9-22-13-16/h1-5,9,11,13,17-18H,6-8,10H2. The minimum Gasteiger partial charge on any atom is -0.333 e. The first-order valence-electron chi connectivity index (χ1n) is 8.72. The second-order valence-corrected chi connectivity index (χ2v) is 6.63. The largest absolute Gasteiger partial charge is 0.333 e. The minimum absolute atomic E-state index is 0.00820. The molecule has 2 unspecified atom stereocenters. The maximum Gasteiger partial charge on any atom is 0.254 e. The molecule has 4 rings (SSSR count). The maximum absolute atomic E-state index is 13.0. The Balaban J connectivity index is 1.61. The normalized spacial score (nSPS) is 22.0. The molecule has 1 aromatic heterocycles. The molecular weight excluding hydrogens is 328 g/mol. The number of rotatable bonds is 2. The summed E-state index contributed by atoms with van der Waals surface area (Å²) in [5, 5.41) is 9.06. The van der Waals surface area contributed by atoms with Crippen molar-refractivity contribution in [3.8, 4) is 6.07 Å². The van der Waals surface area contributed by atoms with Gasteiger partial charge in [0.1, 0.15) is 0 Å². The van der Waals surface area contributed by atoms with E-state index < -0.39 is 0 Å². The number of hydrogen-bond donors (Lipinski definition) is 0. The lowest BCUT2D eigenvalue weighted by molar-refractivity contribution is -0.120. The summed E-state index contributed by atoms with van der Waals surface area (Å²) in [5.74, 6) is 0.00936. The van der Waals surface area contributed by atoms with E-state index in [9.17, 15) is 9.59 Å². The zero-order chi connectivity index (χ0) is 18.1. The number of likely N-dealkylation sites (tertiary alicyclic amines) is 1. The molecule has 0 aliphatic carbocycles. The van der Waals surface area contributed by atoms with E-state index in [1.165, 1.54) is 0 Å². The van der Waals surface area contributed by atoms with Crippen LogP contribution in [0.4, 0.5) is 5.69 Å². The number of nitriles is 1. The van der Waals surface area contributed by atoms with Gasteiger partial charge in [-0.2, -0.15) is 5.26 Å². The molecule has 1 aromatic carbocycles. The number of carbonyl (C=O) groups excluding carboxylic acids is 2. The van der Waals surface area contributed by atoms with Crippen molar-refractivity contribution in [2.24, 2.45) is 0 Å². The molecule has 2 aromatic rings.